The summed E-state index contributed by atoms with van der Waals surface area (Å²) in [5.74, 6) is 0.227. The predicted molar refractivity (Wildman–Crippen MR) is 69.6 cm³/mol. The summed E-state index contributed by atoms with van der Waals surface area (Å²) in [6.07, 6.45) is 1.39. The quantitative estimate of drug-likeness (QED) is 0.856. The van der Waals surface area contributed by atoms with Crippen molar-refractivity contribution >= 4 is 17.5 Å². The first-order valence-electron chi connectivity index (χ1n) is 5.70. The molecule has 2 rings (SSSR count). The lowest BCUT2D eigenvalue weighted by Crippen LogP contribution is -2.15. The first-order chi connectivity index (χ1) is 8.70. The van der Waals surface area contributed by atoms with Crippen LogP contribution in [0.3, 0.4) is 0 Å². The molecule has 0 aliphatic heterocycles. The van der Waals surface area contributed by atoms with E-state index in [1.165, 1.54) is 11.0 Å². The van der Waals surface area contributed by atoms with Crippen LogP contribution in [0.2, 0.25) is 0 Å². The largest absolute Gasteiger partial charge is 0.385 e. The standard InChI is InChI=1S/C12H15N5O/c1-3-13-10-6-4-9(5-7-10)11(18)16-12-14-8-15-17(12)2/h4-8,13H,3H2,1-2H3,(H,14,15,16,18). The first-order valence-corrected chi connectivity index (χ1v) is 5.70. The molecule has 2 aromatic rings. The Kier molecular flexibility index (Phi) is 3.57. The van der Waals surface area contributed by atoms with Gasteiger partial charge in [0.25, 0.3) is 5.91 Å². The molecule has 0 aliphatic rings. The van der Waals surface area contributed by atoms with E-state index in [4.69, 9.17) is 0 Å². The van der Waals surface area contributed by atoms with Gasteiger partial charge >= 0.3 is 0 Å². The van der Waals surface area contributed by atoms with Crippen LogP contribution in [-0.2, 0) is 7.05 Å². The number of rotatable bonds is 4. The Morgan fingerprint density at radius 3 is 2.61 bits per heavy atom. The molecule has 0 spiro atoms. The lowest BCUT2D eigenvalue weighted by molar-refractivity contribution is 0.102. The fraction of sp³-hybridized carbons (Fsp3) is 0.250. The molecular formula is C12H15N5O. The molecular weight excluding hydrogens is 230 g/mol. The fourth-order valence-electron chi connectivity index (χ4n) is 1.53. The number of hydrogen-bond donors (Lipinski definition) is 2. The molecule has 0 atom stereocenters. The molecule has 18 heavy (non-hydrogen) atoms. The van der Waals surface area contributed by atoms with E-state index in [2.05, 4.69) is 20.7 Å². The van der Waals surface area contributed by atoms with Gasteiger partial charge < -0.3 is 5.32 Å². The number of carbonyl (C=O) groups excluding carboxylic acids is 1. The fourth-order valence-corrected chi connectivity index (χ4v) is 1.53. The van der Waals surface area contributed by atoms with Crippen LogP contribution < -0.4 is 10.6 Å². The van der Waals surface area contributed by atoms with E-state index in [1.54, 1.807) is 19.2 Å². The second kappa shape index (κ2) is 5.31. The van der Waals surface area contributed by atoms with Gasteiger partial charge in [0.2, 0.25) is 5.95 Å². The minimum absolute atomic E-state index is 0.200. The summed E-state index contributed by atoms with van der Waals surface area (Å²) < 4.78 is 1.50. The van der Waals surface area contributed by atoms with Gasteiger partial charge in [-0.1, -0.05) is 0 Å². The average molecular weight is 245 g/mol. The SMILES string of the molecule is CCNc1ccc(C(=O)Nc2ncnn2C)cc1. The van der Waals surface area contributed by atoms with Crippen molar-refractivity contribution < 1.29 is 4.79 Å². The molecule has 1 heterocycles. The topological polar surface area (TPSA) is 71.8 Å². The van der Waals surface area contributed by atoms with Crippen molar-refractivity contribution in [3.63, 3.8) is 0 Å². The van der Waals surface area contributed by atoms with Crippen LogP contribution in [0.5, 0.6) is 0 Å². The highest BCUT2D eigenvalue weighted by atomic mass is 16.1. The van der Waals surface area contributed by atoms with E-state index in [-0.39, 0.29) is 5.91 Å². The molecule has 0 bridgehead atoms. The highest BCUT2D eigenvalue weighted by Gasteiger charge is 2.08. The third kappa shape index (κ3) is 2.65. The molecule has 0 saturated carbocycles. The van der Waals surface area contributed by atoms with E-state index in [0.29, 0.717) is 11.5 Å². The maximum atomic E-state index is 11.9. The maximum absolute atomic E-state index is 11.9. The average Bonchev–Trinajstić information content (AvgIpc) is 2.76. The zero-order valence-electron chi connectivity index (χ0n) is 10.3. The smallest absolute Gasteiger partial charge is 0.258 e. The summed E-state index contributed by atoms with van der Waals surface area (Å²) in [4.78, 5) is 15.9. The third-order valence-electron chi connectivity index (χ3n) is 2.46. The van der Waals surface area contributed by atoms with E-state index < -0.39 is 0 Å². The summed E-state index contributed by atoms with van der Waals surface area (Å²) in [7, 11) is 1.72. The second-order valence-electron chi connectivity index (χ2n) is 3.77. The summed E-state index contributed by atoms with van der Waals surface area (Å²) >= 11 is 0. The summed E-state index contributed by atoms with van der Waals surface area (Å²) in [6, 6.07) is 7.28. The third-order valence-corrected chi connectivity index (χ3v) is 2.46. The van der Waals surface area contributed by atoms with Crippen molar-refractivity contribution in [2.75, 3.05) is 17.2 Å². The summed E-state index contributed by atoms with van der Waals surface area (Å²) in [5, 5.41) is 9.74. The zero-order valence-corrected chi connectivity index (χ0v) is 10.3. The first kappa shape index (κ1) is 12.1. The van der Waals surface area contributed by atoms with Gasteiger partial charge in [-0.2, -0.15) is 10.1 Å². The van der Waals surface area contributed by atoms with Crippen molar-refractivity contribution in [3.8, 4) is 0 Å². The van der Waals surface area contributed by atoms with Crippen LogP contribution in [0, 0.1) is 0 Å². The van der Waals surface area contributed by atoms with Crippen molar-refractivity contribution in [1.29, 1.82) is 0 Å². The van der Waals surface area contributed by atoms with Crippen LogP contribution >= 0.6 is 0 Å². The zero-order chi connectivity index (χ0) is 13.0. The highest BCUT2D eigenvalue weighted by molar-refractivity contribution is 6.03. The molecule has 94 valence electrons. The number of carbonyl (C=O) groups is 1. The number of benzene rings is 1. The van der Waals surface area contributed by atoms with E-state index >= 15 is 0 Å². The molecule has 0 aliphatic carbocycles. The minimum Gasteiger partial charge on any atom is -0.385 e. The number of anilines is 2. The van der Waals surface area contributed by atoms with Gasteiger partial charge in [0, 0.05) is 24.8 Å². The van der Waals surface area contributed by atoms with E-state index in [1.807, 2.05) is 19.1 Å². The van der Waals surface area contributed by atoms with Gasteiger partial charge in [0.05, 0.1) is 0 Å². The molecule has 1 amide bonds. The maximum Gasteiger partial charge on any atom is 0.258 e. The van der Waals surface area contributed by atoms with Crippen molar-refractivity contribution in [1.82, 2.24) is 14.8 Å². The molecule has 1 aromatic carbocycles. The van der Waals surface area contributed by atoms with Gasteiger partial charge in [0.15, 0.2) is 0 Å². The molecule has 0 fully saturated rings. The number of amides is 1. The lowest BCUT2D eigenvalue weighted by Gasteiger charge is -2.06. The van der Waals surface area contributed by atoms with Gasteiger partial charge in [0.1, 0.15) is 6.33 Å². The van der Waals surface area contributed by atoms with Gasteiger partial charge in [-0.15, -0.1) is 0 Å². The van der Waals surface area contributed by atoms with E-state index in [9.17, 15) is 4.79 Å². The number of nitrogens with one attached hydrogen (secondary N) is 2. The van der Waals surface area contributed by atoms with Gasteiger partial charge in [-0.05, 0) is 31.2 Å². The molecule has 0 unspecified atom stereocenters. The van der Waals surface area contributed by atoms with Crippen LogP contribution in [-0.4, -0.2) is 27.2 Å². The van der Waals surface area contributed by atoms with Crippen LogP contribution in [0.4, 0.5) is 11.6 Å². The summed E-state index contributed by atoms with van der Waals surface area (Å²) in [6.45, 7) is 2.87. The van der Waals surface area contributed by atoms with Crippen LogP contribution in [0.1, 0.15) is 17.3 Å². The van der Waals surface area contributed by atoms with Crippen molar-refractivity contribution in [3.05, 3.63) is 36.2 Å². The molecule has 6 nitrogen and oxygen atoms in total. The molecule has 0 saturated heterocycles. The normalized spacial score (nSPS) is 10.1. The van der Waals surface area contributed by atoms with Gasteiger partial charge in [-0.25, -0.2) is 4.68 Å². The second-order valence-corrected chi connectivity index (χ2v) is 3.77. The van der Waals surface area contributed by atoms with Crippen LogP contribution in [0.25, 0.3) is 0 Å². The Morgan fingerprint density at radius 2 is 2.06 bits per heavy atom. The highest BCUT2D eigenvalue weighted by Crippen LogP contribution is 2.10. The number of aryl methyl sites for hydroxylation is 1. The van der Waals surface area contributed by atoms with Gasteiger partial charge in [-0.3, -0.25) is 10.1 Å². The molecule has 6 heteroatoms. The number of hydrogen-bond acceptors (Lipinski definition) is 4. The Morgan fingerprint density at radius 1 is 1.33 bits per heavy atom. The Labute approximate surface area is 105 Å². The molecule has 2 N–H and O–H groups in total. The predicted octanol–water partition coefficient (Wildman–Crippen LogP) is 1.50. The van der Waals surface area contributed by atoms with Crippen LogP contribution in [0.15, 0.2) is 30.6 Å². The number of aromatic nitrogens is 3. The molecule has 1 aromatic heterocycles. The van der Waals surface area contributed by atoms with Crippen molar-refractivity contribution in [2.24, 2.45) is 7.05 Å². The lowest BCUT2D eigenvalue weighted by atomic mass is 10.2. The Hall–Kier alpha value is -2.37. The number of nitrogens with zero attached hydrogens (tertiary/aromatic N) is 3. The Bertz CT molecular complexity index is 532. The Balaban J connectivity index is 2.07. The molecule has 0 radical (unpaired) electrons. The summed E-state index contributed by atoms with van der Waals surface area (Å²) in [5.41, 5.74) is 1.58. The minimum atomic E-state index is -0.200. The van der Waals surface area contributed by atoms with Crippen molar-refractivity contribution in [2.45, 2.75) is 6.92 Å². The van der Waals surface area contributed by atoms with E-state index in [0.717, 1.165) is 12.2 Å². The monoisotopic (exact) mass is 245 g/mol.